The summed E-state index contributed by atoms with van der Waals surface area (Å²) in [6.45, 7) is 5.32. The molecule has 0 saturated carbocycles. The standard InChI is InChI=1S/C28H31BrFN3O4S/c1-4-16-31-28(35)21(3)32(18-22-6-5-7-23(29)17-22)27(34)19-33(25-12-10-24(30)11-13-25)38(36,37)26-14-8-20(2)9-15-26/h5-15,17,21H,4,16,18-19H2,1-3H3,(H,31,35)/t21-/m0/s1. The minimum Gasteiger partial charge on any atom is -0.354 e. The Morgan fingerprint density at radius 1 is 1.03 bits per heavy atom. The van der Waals surface area contributed by atoms with E-state index in [1.54, 1.807) is 19.1 Å². The number of rotatable bonds is 11. The summed E-state index contributed by atoms with van der Waals surface area (Å²) >= 11 is 3.42. The molecule has 0 aliphatic heterocycles. The van der Waals surface area contributed by atoms with Crippen LogP contribution in [0.2, 0.25) is 0 Å². The second-order valence-electron chi connectivity index (χ2n) is 8.92. The van der Waals surface area contributed by atoms with Gasteiger partial charge in [0, 0.05) is 17.6 Å². The van der Waals surface area contributed by atoms with Crippen LogP contribution in [-0.2, 0) is 26.2 Å². The number of aryl methyl sites for hydroxylation is 1. The number of nitrogens with one attached hydrogen (secondary N) is 1. The third kappa shape index (κ3) is 7.41. The molecule has 0 bridgehead atoms. The van der Waals surface area contributed by atoms with Crippen LogP contribution in [0, 0.1) is 12.7 Å². The molecule has 3 aromatic rings. The molecule has 202 valence electrons. The highest BCUT2D eigenvalue weighted by atomic mass is 79.9. The van der Waals surface area contributed by atoms with E-state index in [0.29, 0.717) is 6.54 Å². The first-order chi connectivity index (χ1) is 18.0. The van der Waals surface area contributed by atoms with E-state index in [-0.39, 0.29) is 23.0 Å². The van der Waals surface area contributed by atoms with Crippen LogP contribution in [0.15, 0.2) is 82.2 Å². The van der Waals surface area contributed by atoms with Crippen molar-refractivity contribution in [2.45, 2.75) is 44.7 Å². The Morgan fingerprint density at radius 2 is 1.68 bits per heavy atom. The van der Waals surface area contributed by atoms with Crippen LogP contribution in [0.1, 0.15) is 31.4 Å². The normalized spacial score (nSPS) is 12.0. The number of amides is 2. The summed E-state index contributed by atoms with van der Waals surface area (Å²) in [5.41, 5.74) is 1.77. The Hall–Kier alpha value is -3.24. The molecule has 0 saturated heterocycles. The number of hydrogen-bond acceptors (Lipinski definition) is 4. The largest absolute Gasteiger partial charge is 0.354 e. The van der Waals surface area contributed by atoms with Crippen molar-refractivity contribution in [2.75, 3.05) is 17.4 Å². The predicted molar refractivity (Wildman–Crippen MR) is 150 cm³/mol. The van der Waals surface area contributed by atoms with Crippen molar-refractivity contribution >= 4 is 43.5 Å². The van der Waals surface area contributed by atoms with Crippen LogP contribution in [0.4, 0.5) is 10.1 Å². The molecule has 0 unspecified atom stereocenters. The van der Waals surface area contributed by atoms with E-state index in [9.17, 15) is 22.4 Å². The molecule has 0 spiro atoms. The van der Waals surface area contributed by atoms with Crippen molar-refractivity contribution in [3.8, 4) is 0 Å². The molecule has 0 radical (unpaired) electrons. The SMILES string of the molecule is CCCNC(=O)[C@H](C)N(Cc1cccc(Br)c1)C(=O)CN(c1ccc(F)cc1)S(=O)(=O)c1ccc(C)cc1. The summed E-state index contributed by atoms with van der Waals surface area (Å²) in [7, 11) is -4.20. The van der Waals surface area contributed by atoms with Crippen molar-refractivity contribution in [1.82, 2.24) is 10.2 Å². The summed E-state index contributed by atoms with van der Waals surface area (Å²) in [5.74, 6) is -1.46. The van der Waals surface area contributed by atoms with Gasteiger partial charge >= 0.3 is 0 Å². The average Bonchev–Trinajstić information content (AvgIpc) is 2.89. The number of nitrogens with zero attached hydrogens (tertiary/aromatic N) is 2. The van der Waals surface area contributed by atoms with Gasteiger partial charge in [0.1, 0.15) is 18.4 Å². The van der Waals surface area contributed by atoms with Gasteiger partial charge in [-0.25, -0.2) is 12.8 Å². The monoisotopic (exact) mass is 603 g/mol. The van der Waals surface area contributed by atoms with E-state index < -0.39 is 34.3 Å². The number of hydrogen-bond donors (Lipinski definition) is 1. The van der Waals surface area contributed by atoms with Crippen molar-refractivity contribution in [2.24, 2.45) is 0 Å². The summed E-state index contributed by atoms with van der Waals surface area (Å²) in [6.07, 6.45) is 0.727. The van der Waals surface area contributed by atoms with Crippen molar-refractivity contribution < 1.29 is 22.4 Å². The Balaban J connectivity index is 2.01. The molecular weight excluding hydrogens is 573 g/mol. The fourth-order valence-corrected chi connectivity index (χ4v) is 5.64. The van der Waals surface area contributed by atoms with Crippen LogP contribution in [-0.4, -0.2) is 44.3 Å². The highest BCUT2D eigenvalue weighted by Crippen LogP contribution is 2.25. The smallest absolute Gasteiger partial charge is 0.264 e. The summed E-state index contributed by atoms with van der Waals surface area (Å²) < 4.78 is 42.9. The summed E-state index contributed by atoms with van der Waals surface area (Å²) in [5, 5.41) is 2.80. The van der Waals surface area contributed by atoms with Gasteiger partial charge < -0.3 is 10.2 Å². The van der Waals surface area contributed by atoms with Crippen LogP contribution < -0.4 is 9.62 Å². The first-order valence-electron chi connectivity index (χ1n) is 12.2. The number of carbonyl (C=O) groups is 2. The van der Waals surface area contributed by atoms with Gasteiger partial charge in [-0.15, -0.1) is 0 Å². The van der Waals surface area contributed by atoms with Crippen LogP contribution in [0.25, 0.3) is 0 Å². The van der Waals surface area contributed by atoms with E-state index in [4.69, 9.17) is 0 Å². The lowest BCUT2D eigenvalue weighted by molar-refractivity contribution is -0.139. The number of sulfonamides is 1. The van der Waals surface area contributed by atoms with Gasteiger partial charge in [0.05, 0.1) is 10.6 Å². The van der Waals surface area contributed by atoms with Gasteiger partial charge in [0.2, 0.25) is 11.8 Å². The Kier molecular flexibility index (Phi) is 10.0. The molecule has 7 nitrogen and oxygen atoms in total. The van der Waals surface area contributed by atoms with E-state index in [0.717, 1.165) is 38.5 Å². The minimum absolute atomic E-state index is 0.00694. The fraction of sp³-hybridized carbons (Fsp3) is 0.286. The fourth-order valence-electron chi connectivity index (χ4n) is 3.78. The zero-order valence-corrected chi connectivity index (χ0v) is 23.9. The molecule has 1 N–H and O–H groups in total. The predicted octanol–water partition coefficient (Wildman–Crippen LogP) is 5.04. The Labute approximate surface area is 231 Å². The molecular formula is C28H31BrFN3O4S. The van der Waals surface area contributed by atoms with Gasteiger partial charge in [0.25, 0.3) is 10.0 Å². The lowest BCUT2D eigenvalue weighted by Gasteiger charge is -2.32. The van der Waals surface area contributed by atoms with Crippen molar-refractivity contribution in [1.29, 1.82) is 0 Å². The van der Waals surface area contributed by atoms with Gasteiger partial charge in [-0.05, 0) is 74.4 Å². The van der Waals surface area contributed by atoms with Gasteiger partial charge in [-0.3, -0.25) is 13.9 Å². The maximum atomic E-state index is 13.8. The number of benzene rings is 3. The second kappa shape index (κ2) is 13.0. The van der Waals surface area contributed by atoms with E-state index >= 15 is 0 Å². The molecule has 0 aliphatic rings. The highest BCUT2D eigenvalue weighted by molar-refractivity contribution is 9.10. The second-order valence-corrected chi connectivity index (χ2v) is 11.7. The van der Waals surface area contributed by atoms with Crippen molar-refractivity contribution in [3.63, 3.8) is 0 Å². The third-order valence-electron chi connectivity index (χ3n) is 5.96. The number of halogens is 2. The molecule has 3 rings (SSSR count). The quantitative estimate of drug-likeness (QED) is 0.333. The van der Waals surface area contributed by atoms with E-state index in [1.807, 2.05) is 38.1 Å². The molecule has 38 heavy (non-hydrogen) atoms. The molecule has 0 aromatic heterocycles. The summed E-state index contributed by atoms with van der Waals surface area (Å²) in [6, 6.07) is 17.6. The number of carbonyl (C=O) groups excluding carboxylic acids is 2. The molecule has 0 aliphatic carbocycles. The van der Waals surface area contributed by atoms with Gasteiger partial charge in [-0.1, -0.05) is 52.7 Å². The minimum atomic E-state index is -4.20. The lowest BCUT2D eigenvalue weighted by atomic mass is 10.1. The zero-order valence-electron chi connectivity index (χ0n) is 21.5. The maximum Gasteiger partial charge on any atom is 0.264 e. The van der Waals surface area contributed by atoms with Crippen LogP contribution in [0.5, 0.6) is 0 Å². The Morgan fingerprint density at radius 3 is 2.29 bits per heavy atom. The third-order valence-corrected chi connectivity index (χ3v) is 8.24. The molecule has 10 heteroatoms. The van der Waals surface area contributed by atoms with Crippen molar-refractivity contribution in [3.05, 3.63) is 94.2 Å². The Bertz CT molecular complexity index is 1370. The molecule has 3 aromatic carbocycles. The molecule has 0 heterocycles. The highest BCUT2D eigenvalue weighted by Gasteiger charge is 2.32. The topological polar surface area (TPSA) is 86.8 Å². The summed E-state index contributed by atoms with van der Waals surface area (Å²) in [4.78, 5) is 28.0. The zero-order chi connectivity index (χ0) is 27.9. The number of anilines is 1. The molecule has 1 atom stereocenters. The molecule has 2 amide bonds. The van der Waals surface area contributed by atoms with E-state index in [1.165, 1.54) is 29.2 Å². The van der Waals surface area contributed by atoms with E-state index in [2.05, 4.69) is 21.2 Å². The lowest BCUT2D eigenvalue weighted by Crippen LogP contribution is -2.51. The van der Waals surface area contributed by atoms with Gasteiger partial charge in [-0.2, -0.15) is 0 Å². The first-order valence-corrected chi connectivity index (χ1v) is 14.4. The van der Waals surface area contributed by atoms with Gasteiger partial charge in [0.15, 0.2) is 0 Å². The first kappa shape index (κ1) is 29.3. The molecule has 0 fully saturated rings. The average molecular weight is 605 g/mol. The van der Waals surface area contributed by atoms with Crippen LogP contribution in [0.3, 0.4) is 0 Å². The maximum absolute atomic E-state index is 13.8. The van der Waals surface area contributed by atoms with Crippen LogP contribution >= 0.6 is 15.9 Å².